The fourth-order valence-corrected chi connectivity index (χ4v) is 4.36. The molecule has 29 heavy (non-hydrogen) atoms. The number of likely N-dealkylation sites (tertiary alicyclic amines) is 1. The van der Waals surface area contributed by atoms with Crippen LogP contribution < -0.4 is 4.74 Å². The molecule has 0 bridgehead atoms. The quantitative estimate of drug-likeness (QED) is 0.497. The molecule has 0 radical (unpaired) electrons. The van der Waals surface area contributed by atoms with Crippen molar-refractivity contribution < 1.29 is 19.1 Å². The number of hydrogen-bond acceptors (Lipinski definition) is 5. The summed E-state index contributed by atoms with van der Waals surface area (Å²) >= 11 is 1.71. The Labute approximate surface area is 176 Å². The van der Waals surface area contributed by atoms with Gasteiger partial charge in [-0.3, -0.25) is 9.59 Å². The number of hydrogen-bond donors (Lipinski definition) is 0. The predicted octanol–water partition coefficient (Wildman–Crippen LogP) is 4.40. The first-order valence-corrected chi connectivity index (χ1v) is 10.9. The highest BCUT2D eigenvalue weighted by Crippen LogP contribution is 2.29. The van der Waals surface area contributed by atoms with Gasteiger partial charge in [-0.05, 0) is 50.1 Å². The Bertz CT molecular complexity index is 832. The summed E-state index contributed by atoms with van der Waals surface area (Å²) < 4.78 is 10.6. The first-order chi connectivity index (χ1) is 14.1. The highest BCUT2D eigenvalue weighted by molar-refractivity contribution is 7.98. The second-order valence-electron chi connectivity index (χ2n) is 6.95. The second-order valence-corrected chi connectivity index (χ2v) is 8.00. The number of thioether (sulfide) groups is 1. The third-order valence-electron chi connectivity index (χ3n) is 5.07. The zero-order valence-electron chi connectivity index (χ0n) is 16.9. The van der Waals surface area contributed by atoms with Crippen LogP contribution >= 0.6 is 11.8 Å². The van der Waals surface area contributed by atoms with Crippen LogP contribution in [0.25, 0.3) is 0 Å². The SMILES string of the molecule is CCOC(=O)C1CCN(C(=O)c2ccc(OC)c(CSc3ccccc3)c2)CC1. The van der Waals surface area contributed by atoms with Gasteiger partial charge in [0.05, 0.1) is 19.6 Å². The molecular formula is C23H27NO4S. The lowest BCUT2D eigenvalue weighted by molar-refractivity contribution is -0.149. The molecule has 0 atom stereocenters. The summed E-state index contributed by atoms with van der Waals surface area (Å²) in [7, 11) is 1.65. The standard InChI is InChI=1S/C23H27NO4S/c1-3-28-23(26)17-11-13-24(14-12-17)22(25)18-9-10-21(27-2)19(15-18)16-29-20-7-5-4-6-8-20/h4-10,15,17H,3,11-14,16H2,1-2H3. The Balaban J connectivity index is 1.65. The van der Waals surface area contributed by atoms with E-state index in [2.05, 4.69) is 12.1 Å². The number of carbonyl (C=O) groups excluding carboxylic acids is 2. The predicted molar refractivity (Wildman–Crippen MR) is 114 cm³/mol. The van der Waals surface area contributed by atoms with Crippen molar-refractivity contribution in [2.75, 3.05) is 26.8 Å². The first kappa shape index (κ1) is 21.2. The van der Waals surface area contributed by atoms with Gasteiger partial charge in [0.1, 0.15) is 5.75 Å². The zero-order chi connectivity index (χ0) is 20.6. The number of esters is 1. The van der Waals surface area contributed by atoms with Gasteiger partial charge in [-0.1, -0.05) is 18.2 Å². The number of methoxy groups -OCH3 is 1. The van der Waals surface area contributed by atoms with Crippen LogP contribution in [0.2, 0.25) is 0 Å². The van der Waals surface area contributed by atoms with Crippen LogP contribution in [0.15, 0.2) is 53.4 Å². The van der Waals surface area contributed by atoms with Crippen molar-refractivity contribution >= 4 is 23.6 Å². The molecule has 5 nitrogen and oxygen atoms in total. The lowest BCUT2D eigenvalue weighted by Crippen LogP contribution is -2.40. The van der Waals surface area contributed by atoms with Crippen LogP contribution in [0.3, 0.4) is 0 Å². The number of benzene rings is 2. The highest BCUT2D eigenvalue weighted by atomic mass is 32.2. The van der Waals surface area contributed by atoms with Crippen LogP contribution in [0.5, 0.6) is 5.75 Å². The topological polar surface area (TPSA) is 55.8 Å². The number of ether oxygens (including phenoxy) is 2. The summed E-state index contributed by atoms with van der Waals surface area (Å²) in [5.74, 6) is 1.25. The van der Waals surface area contributed by atoms with Crippen molar-refractivity contribution in [3.05, 3.63) is 59.7 Å². The van der Waals surface area contributed by atoms with E-state index in [0.717, 1.165) is 17.1 Å². The molecule has 2 aromatic rings. The average Bonchev–Trinajstić information content (AvgIpc) is 2.78. The Morgan fingerprint density at radius 1 is 1.10 bits per heavy atom. The molecule has 0 N–H and O–H groups in total. The van der Waals surface area contributed by atoms with Crippen LogP contribution in [0, 0.1) is 5.92 Å². The van der Waals surface area contributed by atoms with E-state index in [0.29, 0.717) is 38.1 Å². The number of nitrogens with zero attached hydrogens (tertiary/aromatic N) is 1. The van der Waals surface area contributed by atoms with Crippen molar-refractivity contribution in [1.82, 2.24) is 4.90 Å². The smallest absolute Gasteiger partial charge is 0.309 e. The molecule has 0 aromatic heterocycles. The molecule has 1 aliphatic heterocycles. The van der Waals surface area contributed by atoms with Gasteiger partial charge in [0.15, 0.2) is 0 Å². The van der Waals surface area contributed by atoms with E-state index in [9.17, 15) is 9.59 Å². The van der Waals surface area contributed by atoms with E-state index in [1.165, 1.54) is 4.90 Å². The zero-order valence-corrected chi connectivity index (χ0v) is 17.7. The molecule has 0 aliphatic carbocycles. The number of carbonyl (C=O) groups is 2. The van der Waals surface area contributed by atoms with Crippen molar-refractivity contribution in [1.29, 1.82) is 0 Å². The molecule has 1 fully saturated rings. The van der Waals surface area contributed by atoms with Crippen LogP contribution in [0.4, 0.5) is 0 Å². The molecule has 1 amide bonds. The van der Waals surface area contributed by atoms with E-state index in [1.54, 1.807) is 18.9 Å². The van der Waals surface area contributed by atoms with E-state index >= 15 is 0 Å². The third-order valence-corrected chi connectivity index (χ3v) is 6.13. The molecule has 3 rings (SSSR count). The van der Waals surface area contributed by atoms with Gasteiger partial charge in [-0.15, -0.1) is 11.8 Å². The fraction of sp³-hybridized carbons (Fsp3) is 0.391. The Morgan fingerprint density at radius 2 is 1.83 bits per heavy atom. The minimum Gasteiger partial charge on any atom is -0.496 e. The number of amides is 1. The number of rotatable bonds is 7. The van der Waals surface area contributed by atoms with Crippen molar-refractivity contribution in [2.45, 2.75) is 30.4 Å². The van der Waals surface area contributed by atoms with E-state index in [-0.39, 0.29) is 17.8 Å². The van der Waals surface area contributed by atoms with Crippen LogP contribution in [0.1, 0.15) is 35.7 Å². The summed E-state index contributed by atoms with van der Waals surface area (Å²) in [5.41, 5.74) is 1.65. The Morgan fingerprint density at radius 3 is 2.48 bits per heavy atom. The van der Waals surface area contributed by atoms with Crippen LogP contribution in [-0.4, -0.2) is 43.6 Å². The lowest BCUT2D eigenvalue weighted by atomic mass is 9.96. The maximum atomic E-state index is 13.0. The minimum atomic E-state index is -0.149. The minimum absolute atomic E-state index is 0.000855. The maximum absolute atomic E-state index is 13.0. The Kier molecular flexibility index (Phi) is 7.58. The summed E-state index contributed by atoms with van der Waals surface area (Å²) in [6, 6.07) is 15.8. The van der Waals surface area contributed by atoms with Crippen molar-refractivity contribution in [3.8, 4) is 5.75 Å². The van der Waals surface area contributed by atoms with Crippen LogP contribution in [-0.2, 0) is 15.3 Å². The summed E-state index contributed by atoms with van der Waals surface area (Å²) in [6.07, 6.45) is 1.30. The van der Waals surface area contributed by atoms with Gasteiger partial charge < -0.3 is 14.4 Å². The molecule has 2 aromatic carbocycles. The van der Waals surface area contributed by atoms with Gasteiger partial charge in [0, 0.05) is 34.9 Å². The lowest BCUT2D eigenvalue weighted by Gasteiger charge is -2.31. The monoisotopic (exact) mass is 413 g/mol. The molecule has 0 unspecified atom stereocenters. The highest BCUT2D eigenvalue weighted by Gasteiger charge is 2.28. The average molecular weight is 414 g/mol. The second kappa shape index (κ2) is 10.3. The maximum Gasteiger partial charge on any atom is 0.309 e. The molecule has 6 heteroatoms. The first-order valence-electron chi connectivity index (χ1n) is 9.93. The summed E-state index contributed by atoms with van der Waals surface area (Å²) in [4.78, 5) is 27.9. The third kappa shape index (κ3) is 5.54. The molecule has 1 aliphatic rings. The molecular weight excluding hydrogens is 386 g/mol. The van der Waals surface area contributed by atoms with E-state index < -0.39 is 0 Å². The summed E-state index contributed by atoms with van der Waals surface area (Å²) in [6.45, 7) is 3.35. The van der Waals surface area contributed by atoms with E-state index in [4.69, 9.17) is 9.47 Å². The van der Waals surface area contributed by atoms with Crippen molar-refractivity contribution in [2.24, 2.45) is 5.92 Å². The molecule has 0 saturated carbocycles. The van der Waals surface area contributed by atoms with Crippen molar-refractivity contribution in [3.63, 3.8) is 0 Å². The largest absolute Gasteiger partial charge is 0.496 e. The van der Waals surface area contributed by atoms with Gasteiger partial charge >= 0.3 is 5.97 Å². The van der Waals surface area contributed by atoms with Gasteiger partial charge in [-0.25, -0.2) is 0 Å². The normalized spacial score (nSPS) is 14.5. The molecule has 0 spiro atoms. The molecule has 1 heterocycles. The number of piperidine rings is 1. The Hall–Kier alpha value is -2.47. The molecule has 1 saturated heterocycles. The van der Waals surface area contributed by atoms with Gasteiger partial charge in [-0.2, -0.15) is 0 Å². The molecule has 154 valence electrons. The fourth-order valence-electron chi connectivity index (χ4n) is 3.46. The van der Waals surface area contributed by atoms with Gasteiger partial charge in [0.25, 0.3) is 5.91 Å². The summed E-state index contributed by atoms with van der Waals surface area (Å²) in [5, 5.41) is 0. The van der Waals surface area contributed by atoms with E-state index in [1.807, 2.05) is 48.2 Å². The van der Waals surface area contributed by atoms with Gasteiger partial charge in [0.2, 0.25) is 0 Å².